The van der Waals surface area contributed by atoms with E-state index in [1.807, 2.05) is 18.9 Å². The van der Waals surface area contributed by atoms with E-state index in [-0.39, 0.29) is 16.9 Å². The Labute approximate surface area is 173 Å². The van der Waals surface area contributed by atoms with E-state index in [9.17, 15) is 18.3 Å². The van der Waals surface area contributed by atoms with Crippen LogP contribution < -0.4 is 4.74 Å². The Morgan fingerprint density at radius 1 is 1.21 bits per heavy atom. The number of hydrogen-bond acceptors (Lipinski definition) is 4. The van der Waals surface area contributed by atoms with Crippen molar-refractivity contribution in [2.45, 2.75) is 30.5 Å². The van der Waals surface area contributed by atoms with Gasteiger partial charge < -0.3 is 14.7 Å². The van der Waals surface area contributed by atoms with Gasteiger partial charge in [0.15, 0.2) is 0 Å². The van der Waals surface area contributed by atoms with Crippen LogP contribution in [0, 0.1) is 6.92 Å². The van der Waals surface area contributed by atoms with E-state index >= 15 is 0 Å². The molecular formula is C21H25F3N2O2S. The Morgan fingerprint density at radius 3 is 2.41 bits per heavy atom. The molecule has 0 heterocycles. The average molecular weight is 427 g/mol. The topological polar surface area (TPSA) is 45.1 Å². The van der Waals surface area contributed by atoms with Gasteiger partial charge in [0.25, 0.3) is 0 Å². The molecule has 0 aliphatic rings. The second kappa shape index (κ2) is 9.09. The van der Waals surface area contributed by atoms with Crippen molar-refractivity contribution in [1.82, 2.24) is 4.90 Å². The lowest BCUT2D eigenvalue weighted by molar-refractivity contribution is -0.249. The molecule has 0 saturated carbocycles. The van der Waals surface area contributed by atoms with E-state index in [4.69, 9.17) is 4.74 Å². The third-order valence-corrected chi connectivity index (χ3v) is 5.50. The molecule has 0 aliphatic carbocycles. The van der Waals surface area contributed by atoms with Gasteiger partial charge >= 0.3 is 6.18 Å². The van der Waals surface area contributed by atoms with Crippen molar-refractivity contribution >= 4 is 23.8 Å². The van der Waals surface area contributed by atoms with Crippen molar-refractivity contribution < 1.29 is 23.0 Å². The largest absolute Gasteiger partial charge is 0.496 e. The summed E-state index contributed by atoms with van der Waals surface area (Å²) in [4.78, 5) is 6.50. The highest BCUT2D eigenvalue weighted by Gasteiger charge is 2.58. The summed E-state index contributed by atoms with van der Waals surface area (Å²) in [6, 6.07) is 8.66. The number of aliphatic imine (C=N–C) groups is 1. The number of rotatable bonds is 7. The van der Waals surface area contributed by atoms with Crippen molar-refractivity contribution in [2.24, 2.45) is 4.99 Å². The van der Waals surface area contributed by atoms with Gasteiger partial charge in [-0.1, -0.05) is 18.2 Å². The highest BCUT2D eigenvalue weighted by Crippen LogP contribution is 2.50. The lowest BCUT2D eigenvalue weighted by Crippen LogP contribution is -2.44. The summed E-state index contributed by atoms with van der Waals surface area (Å²) < 4.78 is 48.1. The van der Waals surface area contributed by atoms with Crippen LogP contribution in [0.3, 0.4) is 0 Å². The van der Waals surface area contributed by atoms with Crippen LogP contribution in [-0.4, -0.2) is 49.5 Å². The van der Waals surface area contributed by atoms with Crippen LogP contribution >= 0.6 is 11.8 Å². The minimum Gasteiger partial charge on any atom is -0.496 e. The van der Waals surface area contributed by atoms with Crippen LogP contribution in [0.5, 0.6) is 5.75 Å². The summed E-state index contributed by atoms with van der Waals surface area (Å²) in [6.07, 6.45) is -1.70. The molecule has 1 atom stereocenters. The normalized spacial score (nSPS) is 14.1. The molecule has 2 aromatic carbocycles. The number of thioether (sulfide) groups is 1. The lowest BCUT2D eigenvalue weighted by Gasteiger charge is -2.34. The van der Waals surface area contributed by atoms with Gasteiger partial charge in [-0.25, -0.2) is 4.99 Å². The highest BCUT2D eigenvalue weighted by atomic mass is 32.2. The van der Waals surface area contributed by atoms with E-state index < -0.39 is 11.8 Å². The summed E-state index contributed by atoms with van der Waals surface area (Å²) in [5, 5.41) is 11.1. The van der Waals surface area contributed by atoms with Gasteiger partial charge in [-0.2, -0.15) is 13.2 Å². The predicted molar refractivity (Wildman–Crippen MR) is 111 cm³/mol. The molecule has 0 bridgehead atoms. The maximum atomic E-state index is 14.3. The smallest absolute Gasteiger partial charge is 0.425 e. The Balaban J connectivity index is 2.76. The first-order valence-corrected chi connectivity index (χ1v) is 10.2. The van der Waals surface area contributed by atoms with Crippen LogP contribution in [-0.2, 0) is 5.60 Å². The molecular weight excluding hydrogens is 401 g/mol. The maximum Gasteiger partial charge on any atom is 0.425 e. The molecule has 29 heavy (non-hydrogen) atoms. The van der Waals surface area contributed by atoms with Crippen LogP contribution in [0.2, 0.25) is 0 Å². The third kappa shape index (κ3) is 4.53. The van der Waals surface area contributed by atoms with Crippen molar-refractivity contribution in [3.05, 3.63) is 53.1 Å². The van der Waals surface area contributed by atoms with Gasteiger partial charge in [-0.3, -0.25) is 0 Å². The summed E-state index contributed by atoms with van der Waals surface area (Å²) in [6.45, 7) is 4.34. The molecule has 1 unspecified atom stereocenters. The monoisotopic (exact) mass is 426 g/mol. The van der Waals surface area contributed by atoms with E-state index in [0.29, 0.717) is 16.1 Å². The number of hydrogen-bond donors (Lipinski definition) is 1. The minimum absolute atomic E-state index is 0.0855. The van der Waals surface area contributed by atoms with Gasteiger partial charge in [-0.05, 0) is 37.8 Å². The molecule has 1 N–H and O–H groups in total. The van der Waals surface area contributed by atoms with Gasteiger partial charge in [0.1, 0.15) is 5.75 Å². The number of benzene rings is 2. The second-order valence-corrected chi connectivity index (χ2v) is 7.41. The quantitative estimate of drug-likeness (QED) is 0.379. The molecule has 2 rings (SSSR count). The van der Waals surface area contributed by atoms with E-state index in [0.717, 1.165) is 18.3 Å². The van der Waals surface area contributed by atoms with Crippen LogP contribution in [0.4, 0.5) is 18.9 Å². The van der Waals surface area contributed by atoms with Crippen LogP contribution in [0.15, 0.2) is 46.3 Å². The third-order valence-electron chi connectivity index (χ3n) is 4.71. The maximum absolute atomic E-state index is 14.3. The Morgan fingerprint density at radius 2 is 1.86 bits per heavy atom. The minimum atomic E-state index is -4.97. The molecule has 0 spiro atoms. The fraction of sp³-hybridized carbons (Fsp3) is 0.381. The number of ether oxygens (including phenoxy) is 1. The van der Waals surface area contributed by atoms with E-state index in [1.165, 1.54) is 31.4 Å². The molecule has 0 radical (unpaired) electrons. The fourth-order valence-corrected chi connectivity index (χ4v) is 3.55. The lowest BCUT2D eigenvalue weighted by atomic mass is 9.84. The zero-order valence-electron chi connectivity index (χ0n) is 17.0. The Bertz CT molecular complexity index is 887. The number of methoxy groups -OCH3 is 1. The molecule has 0 aliphatic heterocycles. The number of aliphatic hydroxyl groups is 1. The van der Waals surface area contributed by atoms with E-state index in [1.54, 1.807) is 31.7 Å². The first-order chi connectivity index (χ1) is 13.6. The zero-order valence-corrected chi connectivity index (χ0v) is 17.9. The summed E-state index contributed by atoms with van der Waals surface area (Å²) in [5.74, 6) is -0.0855. The molecule has 0 saturated heterocycles. The number of nitrogens with zero attached hydrogens (tertiary/aromatic N) is 2. The fourth-order valence-electron chi connectivity index (χ4n) is 2.90. The van der Waals surface area contributed by atoms with Crippen molar-refractivity contribution in [3.8, 4) is 5.75 Å². The summed E-state index contributed by atoms with van der Waals surface area (Å²) in [5.41, 5.74) is -2.88. The molecule has 158 valence electrons. The zero-order chi connectivity index (χ0) is 21.8. The highest BCUT2D eigenvalue weighted by molar-refractivity contribution is 7.98. The molecule has 2 aromatic rings. The average Bonchev–Trinajstić information content (AvgIpc) is 2.70. The first-order valence-electron chi connectivity index (χ1n) is 8.96. The Kier molecular flexibility index (Phi) is 7.24. The van der Waals surface area contributed by atoms with Gasteiger partial charge in [0.2, 0.25) is 5.60 Å². The SMILES string of the molecule is CCN(C)C=Nc1cc(OC)c(C(O)(c2ccccc2SC)C(F)(F)F)cc1C. The molecule has 0 fully saturated rings. The first kappa shape index (κ1) is 23.1. The molecule has 0 aromatic heterocycles. The van der Waals surface area contributed by atoms with Gasteiger partial charge in [0, 0.05) is 35.7 Å². The van der Waals surface area contributed by atoms with Crippen molar-refractivity contribution in [3.63, 3.8) is 0 Å². The van der Waals surface area contributed by atoms with Crippen molar-refractivity contribution in [1.29, 1.82) is 0 Å². The van der Waals surface area contributed by atoms with Gasteiger partial charge in [-0.15, -0.1) is 11.8 Å². The molecule has 4 nitrogen and oxygen atoms in total. The van der Waals surface area contributed by atoms with Gasteiger partial charge in [0.05, 0.1) is 19.1 Å². The summed E-state index contributed by atoms with van der Waals surface area (Å²) >= 11 is 1.14. The van der Waals surface area contributed by atoms with E-state index in [2.05, 4.69) is 4.99 Å². The van der Waals surface area contributed by atoms with Crippen LogP contribution in [0.25, 0.3) is 0 Å². The standard InChI is InChI=1S/C21H25F3N2O2S/c1-6-26(3)13-25-17-12-18(28-4)16(11-14(17)2)20(27,21(22,23)24)15-9-7-8-10-19(15)29-5/h7-13,27H,6H2,1-5H3. The summed E-state index contributed by atoms with van der Waals surface area (Å²) in [7, 11) is 3.11. The van der Waals surface area contributed by atoms with Crippen molar-refractivity contribution in [2.75, 3.05) is 27.0 Å². The number of halogens is 3. The number of aryl methyl sites for hydroxylation is 1. The van der Waals surface area contributed by atoms with Crippen LogP contribution in [0.1, 0.15) is 23.6 Å². The molecule has 0 amide bonds. The second-order valence-electron chi connectivity index (χ2n) is 6.57. The Hall–Kier alpha value is -2.19. The molecule has 8 heteroatoms. The predicted octanol–water partition coefficient (Wildman–Crippen LogP) is 5.14. The number of alkyl halides is 3.